The van der Waals surface area contributed by atoms with Gasteiger partial charge >= 0.3 is 0 Å². The number of carbonyl (C=O) groups excluding carboxylic acids is 1. The predicted molar refractivity (Wildman–Crippen MR) is 57.0 cm³/mol. The van der Waals surface area contributed by atoms with Crippen LogP contribution in [0, 0.1) is 5.41 Å². The zero-order chi connectivity index (χ0) is 9.90. The molecule has 0 spiro atoms. The second kappa shape index (κ2) is 3.92. The summed E-state index contributed by atoms with van der Waals surface area (Å²) >= 11 is 1.59. The van der Waals surface area contributed by atoms with Crippen LogP contribution >= 0.6 is 11.3 Å². The molecule has 1 rings (SSSR count). The third kappa shape index (κ3) is 2.56. The number of hydrogen-bond donors (Lipinski definition) is 1. The molecule has 0 bridgehead atoms. The maximum absolute atomic E-state index is 11.7. The van der Waals surface area contributed by atoms with E-state index in [9.17, 15) is 4.79 Å². The molecule has 0 aromatic carbocycles. The summed E-state index contributed by atoms with van der Waals surface area (Å²) in [5.74, 6) is 0.0911. The summed E-state index contributed by atoms with van der Waals surface area (Å²) in [7, 11) is 0. The topological polar surface area (TPSA) is 29.1 Å². The first-order chi connectivity index (χ1) is 6.06. The molecule has 0 aliphatic rings. The van der Waals surface area contributed by atoms with Crippen LogP contribution in [-0.2, 0) is 4.79 Å². The zero-order valence-corrected chi connectivity index (χ0v) is 9.07. The molecule has 0 fully saturated rings. The monoisotopic (exact) mass is 197 g/mol. The molecule has 0 aliphatic carbocycles. The molecule has 0 radical (unpaired) electrons. The van der Waals surface area contributed by atoms with E-state index in [1.807, 2.05) is 37.6 Å². The van der Waals surface area contributed by atoms with Gasteiger partial charge in [0.25, 0.3) is 0 Å². The van der Waals surface area contributed by atoms with Crippen LogP contribution in [-0.4, -0.2) is 5.91 Å². The molecule has 0 aliphatic heterocycles. The van der Waals surface area contributed by atoms with Crippen molar-refractivity contribution in [2.45, 2.75) is 27.2 Å². The largest absolute Gasteiger partial charge is 0.325 e. The van der Waals surface area contributed by atoms with E-state index in [1.165, 1.54) is 0 Å². The Balaban J connectivity index is 2.61. The van der Waals surface area contributed by atoms with E-state index in [1.54, 1.807) is 11.3 Å². The Labute approximate surface area is 83.0 Å². The summed E-state index contributed by atoms with van der Waals surface area (Å²) in [6.07, 6.45) is 0.850. The first kappa shape index (κ1) is 10.3. The van der Waals surface area contributed by atoms with Gasteiger partial charge in [-0.25, -0.2) is 0 Å². The van der Waals surface area contributed by atoms with Crippen LogP contribution in [0.15, 0.2) is 16.8 Å². The molecule has 3 heteroatoms. The molecule has 0 saturated heterocycles. The van der Waals surface area contributed by atoms with Gasteiger partial charge in [0, 0.05) is 10.8 Å². The highest BCUT2D eigenvalue weighted by Gasteiger charge is 2.25. The van der Waals surface area contributed by atoms with Gasteiger partial charge in [-0.2, -0.15) is 11.3 Å². The highest BCUT2D eigenvalue weighted by atomic mass is 32.1. The minimum Gasteiger partial charge on any atom is -0.325 e. The van der Waals surface area contributed by atoms with Gasteiger partial charge in [0.15, 0.2) is 0 Å². The second-order valence-corrected chi connectivity index (χ2v) is 4.48. The lowest BCUT2D eigenvalue weighted by molar-refractivity contribution is -0.124. The summed E-state index contributed by atoms with van der Waals surface area (Å²) in [4.78, 5) is 11.7. The van der Waals surface area contributed by atoms with E-state index in [-0.39, 0.29) is 11.3 Å². The molecule has 0 atom stereocenters. The molecule has 2 nitrogen and oxygen atoms in total. The van der Waals surface area contributed by atoms with Crippen molar-refractivity contribution in [1.82, 2.24) is 0 Å². The quantitative estimate of drug-likeness (QED) is 0.792. The minimum atomic E-state index is -0.276. The zero-order valence-electron chi connectivity index (χ0n) is 8.26. The van der Waals surface area contributed by atoms with Crippen molar-refractivity contribution in [3.8, 4) is 0 Å². The fourth-order valence-corrected chi connectivity index (χ4v) is 1.38. The number of rotatable bonds is 3. The van der Waals surface area contributed by atoms with Gasteiger partial charge in [-0.3, -0.25) is 4.79 Å². The highest BCUT2D eigenvalue weighted by molar-refractivity contribution is 7.08. The van der Waals surface area contributed by atoms with Crippen LogP contribution < -0.4 is 5.32 Å². The number of anilines is 1. The number of hydrogen-bond acceptors (Lipinski definition) is 2. The number of carbonyl (C=O) groups is 1. The maximum Gasteiger partial charge on any atom is 0.230 e. The van der Waals surface area contributed by atoms with E-state index in [0.29, 0.717) is 0 Å². The lowest BCUT2D eigenvalue weighted by Gasteiger charge is -2.20. The summed E-state index contributed by atoms with van der Waals surface area (Å²) < 4.78 is 0. The standard InChI is InChI=1S/C10H15NOS/c1-4-10(2,3)9(12)11-8-5-6-13-7-8/h5-7H,4H2,1-3H3,(H,11,12). The molecule has 1 amide bonds. The summed E-state index contributed by atoms with van der Waals surface area (Å²) in [5.41, 5.74) is 0.624. The fourth-order valence-electron chi connectivity index (χ4n) is 0.796. The minimum absolute atomic E-state index is 0.0911. The van der Waals surface area contributed by atoms with Gasteiger partial charge in [0.2, 0.25) is 5.91 Å². The van der Waals surface area contributed by atoms with E-state index in [4.69, 9.17) is 0 Å². The van der Waals surface area contributed by atoms with Crippen molar-refractivity contribution >= 4 is 22.9 Å². The molecule has 1 aromatic rings. The summed E-state index contributed by atoms with van der Waals surface area (Å²) in [5, 5.41) is 6.77. The summed E-state index contributed by atoms with van der Waals surface area (Å²) in [6.45, 7) is 5.93. The van der Waals surface area contributed by atoms with Crippen molar-refractivity contribution < 1.29 is 4.79 Å². The van der Waals surface area contributed by atoms with Crippen LogP contribution in [0.1, 0.15) is 27.2 Å². The Kier molecular flexibility index (Phi) is 3.09. The van der Waals surface area contributed by atoms with Gasteiger partial charge in [-0.05, 0) is 17.9 Å². The average molecular weight is 197 g/mol. The molecular weight excluding hydrogens is 182 g/mol. The SMILES string of the molecule is CCC(C)(C)C(=O)Nc1ccsc1. The number of amides is 1. The van der Waals surface area contributed by atoms with Crippen molar-refractivity contribution in [1.29, 1.82) is 0 Å². The van der Waals surface area contributed by atoms with Gasteiger partial charge < -0.3 is 5.32 Å². The molecular formula is C10H15NOS. The number of thiophene rings is 1. The third-order valence-electron chi connectivity index (χ3n) is 2.28. The second-order valence-electron chi connectivity index (χ2n) is 3.70. The highest BCUT2D eigenvalue weighted by Crippen LogP contribution is 2.22. The van der Waals surface area contributed by atoms with Crippen molar-refractivity contribution in [3.63, 3.8) is 0 Å². The van der Waals surface area contributed by atoms with Gasteiger partial charge in [-0.15, -0.1) is 0 Å². The van der Waals surface area contributed by atoms with E-state index < -0.39 is 0 Å². The maximum atomic E-state index is 11.7. The van der Waals surface area contributed by atoms with Crippen LogP contribution in [0.3, 0.4) is 0 Å². The van der Waals surface area contributed by atoms with Crippen LogP contribution in [0.2, 0.25) is 0 Å². The van der Waals surface area contributed by atoms with Gasteiger partial charge in [0.05, 0.1) is 5.69 Å². The first-order valence-corrected chi connectivity index (χ1v) is 5.34. The van der Waals surface area contributed by atoms with Gasteiger partial charge in [-0.1, -0.05) is 20.8 Å². The Morgan fingerprint density at radius 3 is 2.77 bits per heavy atom. The van der Waals surface area contributed by atoms with E-state index in [2.05, 4.69) is 5.32 Å². The Morgan fingerprint density at radius 2 is 2.31 bits per heavy atom. The van der Waals surface area contributed by atoms with Crippen LogP contribution in [0.5, 0.6) is 0 Å². The smallest absolute Gasteiger partial charge is 0.230 e. The molecule has 1 heterocycles. The predicted octanol–water partition coefficient (Wildman–Crippen LogP) is 3.12. The lowest BCUT2D eigenvalue weighted by atomic mass is 9.89. The van der Waals surface area contributed by atoms with Crippen LogP contribution in [0.25, 0.3) is 0 Å². The molecule has 0 unspecified atom stereocenters. The lowest BCUT2D eigenvalue weighted by Crippen LogP contribution is -2.29. The molecule has 13 heavy (non-hydrogen) atoms. The van der Waals surface area contributed by atoms with Crippen molar-refractivity contribution in [2.24, 2.45) is 5.41 Å². The average Bonchev–Trinajstić information content (AvgIpc) is 2.57. The molecule has 1 aromatic heterocycles. The first-order valence-electron chi connectivity index (χ1n) is 4.40. The molecule has 0 saturated carbocycles. The van der Waals surface area contributed by atoms with E-state index >= 15 is 0 Å². The van der Waals surface area contributed by atoms with Crippen LogP contribution in [0.4, 0.5) is 5.69 Å². The summed E-state index contributed by atoms with van der Waals surface area (Å²) in [6, 6.07) is 1.91. The third-order valence-corrected chi connectivity index (χ3v) is 2.96. The Morgan fingerprint density at radius 1 is 1.62 bits per heavy atom. The molecule has 72 valence electrons. The normalized spacial score (nSPS) is 11.3. The van der Waals surface area contributed by atoms with E-state index in [0.717, 1.165) is 12.1 Å². The Bertz CT molecular complexity index is 277. The van der Waals surface area contributed by atoms with Gasteiger partial charge in [0.1, 0.15) is 0 Å². The van der Waals surface area contributed by atoms with Crippen molar-refractivity contribution in [3.05, 3.63) is 16.8 Å². The molecule has 1 N–H and O–H groups in total. The van der Waals surface area contributed by atoms with Crippen molar-refractivity contribution in [2.75, 3.05) is 5.32 Å². The Hall–Kier alpha value is -0.830. The number of nitrogens with one attached hydrogen (secondary N) is 1. The fraction of sp³-hybridized carbons (Fsp3) is 0.500.